The van der Waals surface area contributed by atoms with Gasteiger partial charge in [-0.15, -0.1) is 0 Å². The molecule has 37 heavy (non-hydrogen) atoms. The third kappa shape index (κ3) is 7.02. The third-order valence-corrected chi connectivity index (χ3v) is 7.57. The van der Waals surface area contributed by atoms with E-state index in [-0.39, 0.29) is 30.5 Å². The van der Waals surface area contributed by atoms with Gasteiger partial charge in [-0.3, -0.25) is 18.6 Å². The fraction of sp³-hybridized carbons (Fsp3) is 0.407. The molecule has 0 radical (unpaired) electrons. The highest BCUT2D eigenvalue weighted by Gasteiger charge is 2.35. The molecule has 1 unspecified atom stereocenters. The first kappa shape index (κ1) is 27.4. The third-order valence-electron chi connectivity index (χ3n) is 5.61. The number of aromatic nitrogens is 1. The zero-order valence-electron chi connectivity index (χ0n) is 21.5. The summed E-state index contributed by atoms with van der Waals surface area (Å²) in [5.74, 6) is -0.315. The maximum atomic E-state index is 13.5. The van der Waals surface area contributed by atoms with Crippen molar-refractivity contribution in [2.45, 2.75) is 65.1 Å². The van der Waals surface area contributed by atoms with Gasteiger partial charge in [-0.1, -0.05) is 30.7 Å². The Bertz CT molecular complexity index is 1390. The second kappa shape index (κ2) is 11.0. The Labute approximate surface area is 221 Å². The molecular weight excluding hydrogens is 515 g/mol. The van der Waals surface area contributed by atoms with Crippen molar-refractivity contribution in [3.63, 3.8) is 0 Å². The molecule has 1 amide bonds. The number of halogens is 1. The summed E-state index contributed by atoms with van der Waals surface area (Å²) < 4.78 is 32.2. The second-order valence-electron chi connectivity index (χ2n) is 10.1. The molecular formula is C27H32ClN2O6P. The van der Waals surface area contributed by atoms with E-state index in [4.69, 9.17) is 25.2 Å². The minimum atomic E-state index is -3.97. The molecule has 8 nitrogen and oxygen atoms in total. The lowest BCUT2D eigenvalue weighted by Gasteiger charge is -2.26. The average molecular weight is 547 g/mol. The van der Waals surface area contributed by atoms with Gasteiger partial charge < -0.3 is 14.4 Å². The van der Waals surface area contributed by atoms with Crippen LogP contribution in [0.5, 0.6) is 5.75 Å². The van der Waals surface area contributed by atoms with E-state index < -0.39 is 24.8 Å². The Morgan fingerprint density at radius 2 is 1.86 bits per heavy atom. The molecule has 0 aliphatic heterocycles. The molecule has 1 atom stereocenters. The van der Waals surface area contributed by atoms with Crippen LogP contribution in [0.2, 0.25) is 5.02 Å². The fourth-order valence-electron chi connectivity index (χ4n) is 3.83. The lowest BCUT2D eigenvalue weighted by Crippen LogP contribution is -2.29. The van der Waals surface area contributed by atoms with Gasteiger partial charge in [0.1, 0.15) is 11.3 Å². The number of nitrogens with zero attached hydrogens (tertiary/aromatic N) is 1. The Kier molecular flexibility index (Phi) is 8.14. The largest absolute Gasteiger partial charge is 0.530 e. The van der Waals surface area contributed by atoms with Crippen LogP contribution < -0.4 is 15.3 Å². The van der Waals surface area contributed by atoms with E-state index in [1.807, 2.05) is 23.6 Å². The Hall–Kier alpha value is -2.64. The molecule has 2 aromatic carbocycles. The van der Waals surface area contributed by atoms with Gasteiger partial charge in [-0.05, 0) is 75.9 Å². The van der Waals surface area contributed by atoms with Crippen LogP contribution >= 0.6 is 19.4 Å². The average Bonchev–Trinajstić information content (AvgIpc) is 3.67. The smallest absolute Gasteiger partial charge is 0.404 e. The van der Waals surface area contributed by atoms with Gasteiger partial charge in [0.25, 0.3) is 5.91 Å². The van der Waals surface area contributed by atoms with Crippen molar-refractivity contribution in [2.24, 2.45) is 0 Å². The van der Waals surface area contributed by atoms with Gasteiger partial charge in [0.15, 0.2) is 0 Å². The van der Waals surface area contributed by atoms with Gasteiger partial charge in [0.2, 0.25) is 5.43 Å². The topological polar surface area (TPSA) is 95.9 Å². The molecule has 1 N–H and O–H groups in total. The van der Waals surface area contributed by atoms with Crippen LogP contribution in [0, 0.1) is 0 Å². The number of hydrogen-bond donors (Lipinski definition) is 1. The lowest BCUT2D eigenvalue weighted by atomic mass is 10.1. The summed E-state index contributed by atoms with van der Waals surface area (Å²) in [6, 6.07) is 12.2. The second-order valence-corrected chi connectivity index (χ2v) is 12.0. The van der Waals surface area contributed by atoms with Crippen molar-refractivity contribution in [1.82, 2.24) is 9.88 Å². The van der Waals surface area contributed by atoms with E-state index in [0.29, 0.717) is 22.3 Å². The van der Waals surface area contributed by atoms with E-state index in [2.05, 4.69) is 5.32 Å². The van der Waals surface area contributed by atoms with E-state index in [9.17, 15) is 14.2 Å². The molecule has 1 saturated carbocycles. The Morgan fingerprint density at radius 1 is 1.16 bits per heavy atom. The van der Waals surface area contributed by atoms with Gasteiger partial charge in [0.05, 0.1) is 23.1 Å². The van der Waals surface area contributed by atoms with Crippen LogP contribution in [0.15, 0.2) is 53.5 Å². The molecule has 1 aliphatic rings. The number of amides is 1. The zero-order valence-corrected chi connectivity index (χ0v) is 23.1. The number of nitrogens with one attached hydrogen (secondary N) is 1. The van der Waals surface area contributed by atoms with E-state index in [0.717, 1.165) is 18.4 Å². The molecule has 4 rings (SSSR count). The first-order chi connectivity index (χ1) is 17.5. The van der Waals surface area contributed by atoms with Crippen LogP contribution in [0.4, 0.5) is 0 Å². The Morgan fingerprint density at radius 3 is 2.49 bits per heavy atom. The molecule has 0 bridgehead atoms. The quantitative estimate of drug-likeness (QED) is 0.286. The number of pyridine rings is 1. The van der Waals surface area contributed by atoms with Gasteiger partial charge in [-0.25, -0.2) is 4.57 Å². The van der Waals surface area contributed by atoms with Crippen LogP contribution in [0.3, 0.4) is 0 Å². The summed E-state index contributed by atoms with van der Waals surface area (Å²) in [5, 5.41) is 3.71. The summed E-state index contributed by atoms with van der Waals surface area (Å²) in [6.45, 7) is 7.58. The first-order valence-electron chi connectivity index (χ1n) is 12.3. The predicted molar refractivity (Wildman–Crippen MR) is 144 cm³/mol. The molecule has 198 valence electrons. The van der Waals surface area contributed by atoms with Crippen molar-refractivity contribution in [2.75, 3.05) is 6.61 Å². The van der Waals surface area contributed by atoms with Crippen LogP contribution in [-0.2, 0) is 20.2 Å². The highest BCUT2D eigenvalue weighted by atomic mass is 35.5. The maximum Gasteiger partial charge on any atom is 0.530 e. The van der Waals surface area contributed by atoms with E-state index in [1.165, 1.54) is 6.07 Å². The van der Waals surface area contributed by atoms with Crippen molar-refractivity contribution >= 4 is 36.2 Å². The van der Waals surface area contributed by atoms with Crippen LogP contribution in [0.25, 0.3) is 10.9 Å². The maximum absolute atomic E-state index is 13.5. The fourth-order valence-corrected chi connectivity index (χ4v) is 5.54. The first-order valence-corrected chi connectivity index (χ1v) is 14.2. The van der Waals surface area contributed by atoms with Crippen LogP contribution in [0.1, 0.15) is 68.9 Å². The van der Waals surface area contributed by atoms with Crippen LogP contribution in [-0.4, -0.2) is 22.7 Å². The van der Waals surface area contributed by atoms with E-state index >= 15 is 0 Å². The highest BCUT2D eigenvalue weighted by Crippen LogP contribution is 2.52. The molecule has 0 spiro atoms. The SMILES string of the molecule is CCCOP(=O)(Oc1ccc2c(c1)c(=O)c(C(=O)NCc1ccc(Cl)cc1)cn2C1CC1)OC(C)(C)C. The number of phosphoric acid groups is 1. The highest BCUT2D eigenvalue weighted by molar-refractivity contribution is 7.49. The van der Waals surface area contributed by atoms with Crippen molar-refractivity contribution < 1.29 is 22.9 Å². The molecule has 1 fully saturated rings. The summed E-state index contributed by atoms with van der Waals surface area (Å²) in [4.78, 5) is 26.5. The number of rotatable bonds is 10. The lowest BCUT2D eigenvalue weighted by molar-refractivity contribution is 0.0657. The molecule has 1 aromatic heterocycles. The Balaban J connectivity index is 1.67. The number of phosphoric ester groups is 1. The number of fused-ring (bicyclic) bond motifs is 1. The number of hydrogen-bond acceptors (Lipinski definition) is 6. The summed E-state index contributed by atoms with van der Waals surface area (Å²) in [5.41, 5.74) is 0.344. The molecule has 3 aromatic rings. The van der Waals surface area contributed by atoms with Crippen molar-refractivity contribution in [3.8, 4) is 5.75 Å². The minimum absolute atomic E-state index is 0.0295. The normalized spacial score (nSPS) is 15.4. The zero-order chi connectivity index (χ0) is 26.8. The van der Waals surface area contributed by atoms with Gasteiger partial charge in [-0.2, -0.15) is 0 Å². The number of benzene rings is 2. The monoisotopic (exact) mass is 546 g/mol. The minimum Gasteiger partial charge on any atom is -0.404 e. The summed E-state index contributed by atoms with van der Waals surface area (Å²) >= 11 is 5.93. The van der Waals surface area contributed by atoms with Crippen molar-refractivity contribution in [3.05, 3.63) is 75.0 Å². The number of carbonyl (C=O) groups is 1. The number of carbonyl (C=O) groups excluding carboxylic acids is 1. The van der Waals surface area contributed by atoms with Gasteiger partial charge in [0, 0.05) is 23.8 Å². The summed E-state index contributed by atoms with van der Waals surface area (Å²) in [7, 11) is -3.97. The molecule has 1 aliphatic carbocycles. The molecule has 0 saturated heterocycles. The van der Waals surface area contributed by atoms with E-state index in [1.54, 1.807) is 51.2 Å². The van der Waals surface area contributed by atoms with Gasteiger partial charge >= 0.3 is 7.82 Å². The standard InChI is InChI=1S/C27H32ClN2O6P/c1-5-14-34-37(33,36-27(2,3)4)35-21-12-13-24-22(15-21)25(31)23(17-30(24)20-10-11-20)26(32)29-16-18-6-8-19(28)9-7-18/h6-9,12-13,15,17,20H,5,10-11,14,16H2,1-4H3,(H,29,32). The predicted octanol–water partition coefficient (Wildman–Crippen LogP) is 6.65. The van der Waals surface area contributed by atoms with Crippen molar-refractivity contribution in [1.29, 1.82) is 0 Å². The summed E-state index contributed by atoms with van der Waals surface area (Å²) in [6.07, 6.45) is 4.17. The molecule has 1 heterocycles. The molecule has 10 heteroatoms.